The Hall–Kier alpha value is -2.87. The molecule has 0 radical (unpaired) electrons. The van der Waals surface area contributed by atoms with Crippen LogP contribution >= 0.6 is 0 Å². The molecule has 140 valence electrons. The van der Waals surface area contributed by atoms with Gasteiger partial charge in [-0.1, -0.05) is 0 Å². The number of nitrogens with zero attached hydrogens (tertiary/aromatic N) is 7. The SMILES string of the molecule is CC1=CC(N(C)C)=NC(N2CCc3nc(-c4ncccn4)ncc3[C@H]2C)N1. The number of nitrogens with one attached hydrogen (secondary N) is 1. The molecular weight excluding hydrogens is 340 g/mol. The first kappa shape index (κ1) is 17.5. The van der Waals surface area contributed by atoms with Gasteiger partial charge in [-0.3, -0.25) is 4.90 Å². The Morgan fingerprint density at radius 2 is 1.93 bits per heavy atom. The molecule has 8 heteroatoms. The highest BCUT2D eigenvalue weighted by atomic mass is 15.4. The average molecular weight is 364 g/mol. The normalized spacial score (nSPS) is 22.4. The Balaban J connectivity index is 1.60. The zero-order chi connectivity index (χ0) is 19.0. The third kappa shape index (κ3) is 3.40. The summed E-state index contributed by atoms with van der Waals surface area (Å²) in [7, 11) is 4.03. The minimum absolute atomic E-state index is 0.0901. The third-order valence-corrected chi connectivity index (χ3v) is 4.95. The predicted octanol–water partition coefficient (Wildman–Crippen LogP) is 1.60. The summed E-state index contributed by atoms with van der Waals surface area (Å²) in [5, 5.41) is 3.48. The van der Waals surface area contributed by atoms with Crippen molar-refractivity contribution in [1.29, 1.82) is 0 Å². The van der Waals surface area contributed by atoms with Gasteiger partial charge in [0.2, 0.25) is 0 Å². The minimum Gasteiger partial charge on any atom is -0.363 e. The molecule has 0 fully saturated rings. The summed E-state index contributed by atoms with van der Waals surface area (Å²) >= 11 is 0. The summed E-state index contributed by atoms with van der Waals surface area (Å²) in [6.45, 7) is 5.12. The van der Waals surface area contributed by atoms with Crippen LogP contribution < -0.4 is 5.32 Å². The first-order valence-corrected chi connectivity index (χ1v) is 9.12. The van der Waals surface area contributed by atoms with Crippen LogP contribution in [0.3, 0.4) is 0 Å². The van der Waals surface area contributed by atoms with Crippen molar-refractivity contribution in [3.8, 4) is 11.6 Å². The number of hydrogen-bond donors (Lipinski definition) is 1. The van der Waals surface area contributed by atoms with E-state index >= 15 is 0 Å². The largest absolute Gasteiger partial charge is 0.363 e. The quantitative estimate of drug-likeness (QED) is 0.867. The summed E-state index contributed by atoms with van der Waals surface area (Å²) in [4.78, 5) is 27.0. The number of amidine groups is 1. The highest BCUT2D eigenvalue weighted by molar-refractivity contribution is 5.93. The molecule has 27 heavy (non-hydrogen) atoms. The third-order valence-electron chi connectivity index (χ3n) is 4.95. The molecule has 2 aromatic rings. The lowest BCUT2D eigenvalue weighted by atomic mass is 9.99. The lowest BCUT2D eigenvalue weighted by Crippen LogP contribution is -2.50. The van der Waals surface area contributed by atoms with Crippen LogP contribution in [0.25, 0.3) is 11.6 Å². The Labute approximate surface area is 159 Å². The monoisotopic (exact) mass is 364 g/mol. The van der Waals surface area contributed by atoms with E-state index in [0.717, 1.165) is 35.8 Å². The van der Waals surface area contributed by atoms with Crippen LogP contribution in [-0.2, 0) is 6.42 Å². The molecular formula is C19H24N8. The summed E-state index contributed by atoms with van der Waals surface area (Å²) in [6.07, 6.45) is 8.14. The van der Waals surface area contributed by atoms with Crippen molar-refractivity contribution in [1.82, 2.24) is 35.1 Å². The van der Waals surface area contributed by atoms with E-state index in [1.54, 1.807) is 18.5 Å². The van der Waals surface area contributed by atoms with Gasteiger partial charge in [0.25, 0.3) is 0 Å². The van der Waals surface area contributed by atoms with E-state index in [2.05, 4.69) is 45.1 Å². The summed E-state index contributed by atoms with van der Waals surface area (Å²) in [5.74, 6) is 2.12. The van der Waals surface area contributed by atoms with Gasteiger partial charge in [0, 0.05) is 63.0 Å². The molecule has 2 aromatic heterocycles. The Morgan fingerprint density at radius 1 is 1.15 bits per heavy atom. The maximum absolute atomic E-state index is 4.86. The summed E-state index contributed by atoms with van der Waals surface area (Å²) in [6, 6.07) is 1.95. The van der Waals surface area contributed by atoms with Crippen LogP contribution in [0.15, 0.2) is 41.4 Å². The van der Waals surface area contributed by atoms with Crippen molar-refractivity contribution in [3.63, 3.8) is 0 Å². The molecule has 2 aliphatic rings. The van der Waals surface area contributed by atoms with Crippen molar-refractivity contribution in [2.75, 3.05) is 20.6 Å². The van der Waals surface area contributed by atoms with Crippen molar-refractivity contribution >= 4 is 5.84 Å². The van der Waals surface area contributed by atoms with Gasteiger partial charge in [-0.15, -0.1) is 0 Å². The standard InChI is InChI=1S/C19H24N8/c1-12-10-16(26(3)4)25-19(23-12)27-9-6-15-14(13(27)2)11-22-18(24-15)17-20-7-5-8-21-17/h5,7-8,10-11,13,19,23H,6,9H2,1-4H3/t13-,19?/m1/s1. The second-order valence-electron chi connectivity index (χ2n) is 7.06. The van der Waals surface area contributed by atoms with Crippen molar-refractivity contribution in [2.45, 2.75) is 32.6 Å². The van der Waals surface area contributed by atoms with Crippen LogP contribution in [0, 0.1) is 0 Å². The van der Waals surface area contributed by atoms with Gasteiger partial charge in [-0.2, -0.15) is 0 Å². The first-order chi connectivity index (χ1) is 13.0. The number of aromatic nitrogens is 4. The zero-order valence-corrected chi connectivity index (χ0v) is 16.1. The van der Waals surface area contributed by atoms with E-state index in [4.69, 9.17) is 9.98 Å². The van der Waals surface area contributed by atoms with E-state index in [0.29, 0.717) is 11.6 Å². The fraction of sp³-hybridized carbons (Fsp3) is 0.421. The van der Waals surface area contributed by atoms with Gasteiger partial charge in [-0.05, 0) is 26.0 Å². The molecule has 2 atom stereocenters. The van der Waals surface area contributed by atoms with Gasteiger partial charge < -0.3 is 10.2 Å². The van der Waals surface area contributed by atoms with E-state index in [1.807, 2.05) is 25.2 Å². The Kier molecular flexibility index (Phi) is 4.57. The van der Waals surface area contributed by atoms with E-state index < -0.39 is 0 Å². The molecule has 4 heterocycles. The van der Waals surface area contributed by atoms with Crippen molar-refractivity contribution < 1.29 is 0 Å². The van der Waals surface area contributed by atoms with Crippen LogP contribution in [0.5, 0.6) is 0 Å². The summed E-state index contributed by atoms with van der Waals surface area (Å²) in [5.41, 5.74) is 3.32. The van der Waals surface area contributed by atoms with Gasteiger partial charge in [0.05, 0.1) is 5.69 Å². The molecule has 4 rings (SSSR count). The number of aliphatic imine (C=N–C) groups is 1. The fourth-order valence-electron chi connectivity index (χ4n) is 3.47. The number of rotatable bonds is 2. The first-order valence-electron chi connectivity index (χ1n) is 9.12. The van der Waals surface area contributed by atoms with Gasteiger partial charge in [0.15, 0.2) is 17.9 Å². The molecule has 1 N–H and O–H groups in total. The highest BCUT2D eigenvalue weighted by Gasteiger charge is 2.32. The maximum Gasteiger partial charge on any atom is 0.197 e. The van der Waals surface area contributed by atoms with Crippen molar-refractivity contribution in [3.05, 3.63) is 47.7 Å². The van der Waals surface area contributed by atoms with Crippen molar-refractivity contribution in [2.24, 2.45) is 4.99 Å². The smallest absolute Gasteiger partial charge is 0.197 e. The Morgan fingerprint density at radius 3 is 2.67 bits per heavy atom. The van der Waals surface area contributed by atoms with Gasteiger partial charge in [0.1, 0.15) is 5.84 Å². The average Bonchev–Trinajstić information content (AvgIpc) is 2.68. The van der Waals surface area contributed by atoms with Gasteiger partial charge >= 0.3 is 0 Å². The number of hydrogen-bond acceptors (Lipinski definition) is 8. The zero-order valence-electron chi connectivity index (χ0n) is 16.1. The lowest BCUT2D eigenvalue weighted by molar-refractivity contribution is 0.118. The van der Waals surface area contributed by atoms with E-state index in [-0.39, 0.29) is 12.3 Å². The number of fused-ring (bicyclic) bond motifs is 1. The molecule has 8 nitrogen and oxygen atoms in total. The molecule has 0 amide bonds. The van der Waals surface area contributed by atoms with Crippen LogP contribution in [0.1, 0.15) is 31.1 Å². The van der Waals surface area contributed by atoms with E-state index in [1.165, 1.54) is 0 Å². The molecule has 0 aromatic carbocycles. The molecule has 0 aliphatic carbocycles. The molecule has 0 spiro atoms. The molecule has 0 saturated heterocycles. The number of likely N-dealkylation sites (N-methyl/N-ethyl adjacent to an activating group) is 1. The highest BCUT2D eigenvalue weighted by Crippen LogP contribution is 2.31. The van der Waals surface area contributed by atoms with Gasteiger partial charge in [-0.25, -0.2) is 24.9 Å². The summed E-state index contributed by atoms with van der Waals surface area (Å²) < 4.78 is 0. The number of allylic oxidation sites excluding steroid dienone is 1. The lowest BCUT2D eigenvalue weighted by Gasteiger charge is -2.40. The Bertz CT molecular complexity index is 890. The topological polar surface area (TPSA) is 82.4 Å². The second kappa shape index (κ2) is 7.03. The molecule has 0 saturated carbocycles. The second-order valence-corrected chi connectivity index (χ2v) is 7.06. The predicted molar refractivity (Wildman–Crippen MR) is 104 cm³/mol. The van der Waals surface area contributed by atoms with Crippen LogP contribution in [0.4, 0.5) is 0 Å². The van der Waals surface area contributed by atoms with E-state index in [9.17, 15) is 0 Å². The molecule has 2 aliphatic heterocycles. The van der Waals surface area contributed by atoms with Crippen LogP contribution in [-0.4, -0.2) is 62.5 Å². The minimum atomic E-state index is -0.0901. The van der Waals surface area contributed by atoms with Crippen LogP contribution in [0.2, 0.25) is 0 Å². The fourth-order valence-corrected chi connectivity index (χ4v) is 3.47. The molecule has 0 bridgehead atoms. The molecule has 1 unspecified atom stereocenters. The maximum atomic E-state index is 4.86.